The quantitative estimate of drug-likeness (QED) is 0.412. The number of ether oxygens (including phenoxy) is 1. The van der Waals surface area contributed by atoms with E-state index in [-0.39, 0.29) is 18.2 Å². The van der Waals surface area contributed by atoms with Crippen molar-refractivity contribution >= 4 is 22.5 Å². The van der Waals surface area contributed by atoms with E-state index >= 15 is 0 Å². The zero-order chi connectivity index (χ0) is 21.8. The van der Waals surface area contributed by atoms with Crippen LogP contribution in [0, 0.1) is 13.8 Å². The minimum Gasteiger partial charge on any atom is -0.493 e. The van der Waals surface area contributed by atoms with Gasteiger partial charge in [0.15, 0.2) is 12.3 Å². The van der Waals surface area contributed by atoms with Crippen LogP contribution >= 0.6 is 0 Å². The molecule has 0 radical (unpaired) electrons. The average molecular weight is 413 g/mol. The van der Waals surface area contributed by atoms with Gasteiger partial charge in [0.05, 0.1) is 12.1 Å². The third kappa shape index (κ3) is 4.48. The molecule has 1 aromatic heterocycles. The van der Waals surface area contributed by atoms with E-state index in [0.717, 1.165) is 27.6 Å². The van der Waals surface area contributed by atoms with Crippen LogP contribution in [-0.2, 0) is 11.3 Å². The summed E-state index contributed by atoms with van der Waals surface area (Å²) in [6.45, 7) is 4.25. The fourth-order valence-corrected chi connectivity index (χ4v) is 3.38. The third-order valence-electron chi connectivity index (χ3n) is 5.20. The van der Waals surface area contributed by atoms with Crippen molar-refractivity contribution in [3.63, 3.8) is 0 Å². The maximum atomic E-state index is 12.2. The molecule has 1 heterocycles. The highest BCUT2D eigenvalue weighted by Crippen LogP contribution is 2.39. The van der Waals surface area contributed by atoms with Gasteiger partial charge in [0.1, 0.15) is 5.75 Å². The first-order valence-electron chi connectivity index (χ1n) is 10.0. The van der Waals surface area contributed by atoms with Gasteiger partial charge in [-0.05, 0) is 48.7 Å². The minimum atomic E-state index is -0.530. The highest BCUT2D eigenvalue weighted by Gasteiger charge is 2.17. The van der Waals surface area contributed by atoms with E-state index in [4.69, 9.17) is 4.74 Å². The van der Waals surface area contributed by atoms with Gasteiger partial charge in [0.25, 0.3) is 0 Å². The fourth-order valence-electron chi connectivity index (χ4n) is 3.38. The Morgan fingerprint density at radius 3 is 2.48 bits per heavy atom. The van der Waals surface area contributed by atoms with Crippen molar-refractivity contribution in [1.82, 2.24) is 4.57 Å². The number of carbonyl (C=O) groups is 1. The second-order valence-corrected chi connectivity index (χ2v) is 7.39. The highest BCUT2D eigenvalue weighted by molar-refractivity contribution is 5.95. The summed E-state index contributed by atoms with van der Waals surface area (Å²) in [5, 5.41) is 19.4. The molecule has 6 nitrogen and oxygen atoms in total. The van der Waals surface area contributed by atoms with Gasteiger partial charge in [-0.25, -0.2) is 0 Å². The van der Waals surface area contributed by atoms with Crippen molar-refractivity contribution in [2.24, 2.45) is 10.2 Å². The number of hydrogen-bond acceptors (Lipinski definition) is 4. The first-order chi connectivity index (χ1) is 15.0. The summed E-state index contributed by atoms with van der Waals surface area (Å²) in [6.07, 6.45) is 0. The third-order valence-corrected chi connectivity index (χ3v) is 5.20. The van der Waals surface area contributed by atoms with Crippen molar-refractivity contribution < 1.29 is 14.6 Å². The molecule has 0 aliphatic rings. The maximum Gasteiger partial charge on any atom is 0.302 e. The summed E-state index contributed by atoms with van der Waals surface area (Å²) < 4.78 is 7.28. The Bertz CT molecular complexity index is 1260. The van der Waals surface area contributed by atoms with Crippen LogP contribution in [0.25, 0.3) is 10.9 Å². The van der Waals surface area contributed by atoms with Crippen LogP contribution in [0.5, 0.6) is 11.6 Å². The number of amides is 1. The van der Waals surface area contributed by atoms with E-state index in [0.29, 0.717) is 12.3 Å². The zero-order valence-corrected chi connectivity index (χ0v) is 17.4. The molecule has 4 aromatic rings. The molecule has 0 unspecified atom stereocenters. The molecular weight excluding hydrogens is 390 g/mol. The van der Waals surface area contributed by atoms with Crippen molar-refractivity contribution in [1.29, 1.82) is 0 Å². The molecule has 6 heteroatoms. The van der Waals surface area contributed by atoms with Gasteiger partial charge < -0.3 is 14.4 Å². The normalized spacial score (nSPS) is 11.3. The van der Waals surface area contributed by atoms with Crippen LogP contribution in [-0.4, -0.2) is 22.2 Å². The van der Waals surface area contributed by atoms with E-state index in [2.05, 4.69) is 10.2 Å². The van der Waals surface area contributed by atoms with E-state index < -0.39 is 5.91 Å². The number of fused-ring (bicyclic) bond motifs is 1. The van der Waals surface area contributed by atoms with Crippen molar-refractivity contribution in [3.8, 4) is 11.6 Å². The predicted molar refractivity (Wildman–Crippen MR) is 120 cm³/mol. The Kier molecular flexibility index (Phi) is 5.80. The van der Waals surface area contributed by atoms with Gasteiger partial charge in [0, 0.05) is 5.39 Å². The molecule has 0 fully saturated rings. The highest BCUT2D eigenvalue weighted by atomic mass is 16.5. The van der Waals surface area contributed by atoms with Crippen LogP contribution in [0.2, 0.25) is 0 Å². The van der Waals surface area contributed by atoms with Gasteiger partial charge in [0.2, 0.25) is 5.88 Å². The smallest absolute Gasteiger partial charge is 0.302 e. The lowest BCUT2D eigenvalue weighted by Gasteiger charge is -2.07. The Labute approximate surface area is 180 Å². The zero-order valence-electron chi connectivity index (χ0n) is 17.4. The van der Waals surface area contributed by atoms with Gasteiger partial charge in [-0.2, -0.15) is 0 Å². The monoisotopic (exact) mass is 413 g/mol. The number of nitrogens with zero attached hydrogens (tertiary/aromatic N) is 3. The summed E-state index contributed by atoms with van der Waals surface area (Å²) in [7, 11) is 0. The molecule has 4 rings (SSSR count). The molecule has 0 saturated heterocycles. The standard InChI is InChI=1S/C25H23N3O3/c1-17-12-13-20(14-18(17)2)31-16-23(29)26-27-24-21-10-6-7-11-22(21)28(25(24)30)15-19-8-4-3-5-9-19/h3-14,30H,15-16H2,1-2H3. The van der Waals surface area contributed by atoms with Gasteiger partial charge >= 0.3 is 5.91 Å². The van der Waals surface area contributed by atoms with Crippen LogP contribution < -0.4 is 4.74 Å². The average Bonchev–Trinajstić information content (AvgIpc) is 3.05. The Hall–Kier alpha value is -3.93. The number of azo groups is 1. The molecule has 0 aliphatic heterocycles. The molecule has 1 amide bonds. The molecule has 156 valence electrons. The van der Waals surface area contributed by atoms with Crippen LogP contribution in [0.15, 0.2) is 83.0 Å². The summed E-state index contributed by atoms with van der Waals surface area (Å²) >= 11 is 0. The van der Waals surface area contributed by atoms with Crippen molar-refractivity contribution in [2.45, 2.75) is 20.4 Å². The van der Waals surface area contributed by atoms with E-state index in [1.165, 1.54) is 0 Å². The Balaban J connectivity index is 1.54. The van der Waals surface area contributed by atoms with Crippen LogP contribution in [0.3, 0.4) is 0 Å². The first-order valence-corrected chi connectivity index (χ1v) is 10.0. The van der Waals surface area contributed by atoms with E-state index in [9.17, 15) is 9.90 Å². The minimum absolute atomic E-state index is 0.0309. The Morgan fingerprint density at radius 2 is 1.71 bits per heavy atom. The summed E-state index contributed by atoms with van der Waals surface area (Å²) in [4.78, 5) is 12.2. The molecule has 31 heavy (non-hydrogen) atoms. The summed E-state index contributed by atoms with van der Waals surface area (Å²) in [5.74, 6) is 0.0446. The van der Waals surface area contributed by atoms with Gasteiger partial charge in [-0.3, -0.25) is 4.79 Å². The molecule has 3 aromatic carbocycles. The SMILES string of the molecule is Cc1ccc(OCC(=O)N=Nc2c(O)n(Cc3ccccc3)c3ccccc23)cc1C. The number of aromatic nitrogens is 1. The fraction of sp³-hybridized carbons (Fsp3) is 0.160. The van der Waals surface area contributed by atoms with Crippen molar-refractivity contribution in [3.05, 3.63) is 89.5 Å². The molecule has 0 saturated carbocycles. The second-order valence-electron chi connectivity index (χ2n) is 7.39. The van der Waals surface area contributed by atoms with E-state index in [1.807, 2.05) is 86.6 Å². The van der Waals surface area contributed by atoms with Crippen LogP contribution in [0.4, 0.5) is 5.69 Å². The molecule has 0 atom stereocenters. The maximum absolute atomic E-state index is 12.2. The number of benzene rings is 3. The van der Waals surface area contributed by atoms with Gasteiger partial charge in [-0.15, -0.1) is 10.2 Å². The summed E-state index contributed by atoms with van der Waals surface area (Å²) in [6, 6.07) is 23.0. The lowest BCUT2D eigenvalue weighted by atomic mass is 10.1. The number of rotatable bonds is 6. The summed E-state index contributed by atoms with van der Waals surface area (Å²) in [5.41, 5.74) is 4.37. The molecule has 0 bridgehead atoms. The molecular formula is C25H23N3O3. The predicted octanol–water partition coefficient (Wildman–Crippen LogP) is 5.70. The molecule has 0 aliphatic carbocycles. The number of aromatic hydroxyl groups is 1. The number of carbonyl (C=O) groups excluding carboxylic acids is 1. The first kappa shape index (κ1) is 20.3. The molecule has 1 N–H and O–H groups in total. The van der Waals surface area contributed by atoms with Crippen LogP contribution in [0.1, 0.15) is 16.7 Å². The number of aryl methyl sites for hydroxylation is 2. The Morgan fingerprint density at radius 1 is 0.968 bits per heavy atom. The number of hydrogen-bond donors (Lipinski definition) is 1. The van der Waals surface area contributed by atoms with E-state index in [1.54, 1.807) is 4.57 Å². The lowest BCUT2D eigenvalue weighted by Crippen LogP contribution is -2.08. The largest absolute Gasteiger partial charge is 0.493 e. The molecule has 0 spiro atoms. The second kappa shape index (κ2) is 8.83. The number of para-hydroxylation sites is 1. The van der Waals surface area contributed by atoms with Crippen molar-refractivity contribution in [2.75, 3.05) is 6.61 Å². The lowest BCUT2D eigenvalue weighted by molar-refractivity contribution is -0.120. The van der Waals surface area contributed by atoms with Gasteiger partial charge in [-0.1, -0.05) is 54.6 Å². The topological polar surface area (TPSA) is 76.2 Å².